The van der Waals surface area contributed by atoms with Gasteiger partial charge in [0.2, 0.25) is 10.0 Å². The molecule has 1 aromatic carbocycles. The number of nitrogen functional groups attached to an aromatic ring is 1. The van der Waals surface area contributed by atoms with Crippen molar-refractivity contribution in [3.8, 4) is 12.3 Å². The van der Waals surface area contributed by atoms with E-state index in [9.17, 15) is 12.8 Å². The van der Waals surface area contributed by atoms with Crippen molar-refractivity contribution in [1.82, 2.24) is 4.72 Å². The Hall–Kier alpha value is -1.10. The number of sulfonamides is 1. The van der Waals surface area contributed by atoms with Gasteiger partial charge in [-0.1, -0.05) is 5.92 Å². The van der Waals surface area contributed by atoms with Crippen LogP contribution in [0.5, 0.6) is 0 Å². The number of nitrogens with one attached hydrogen (secondary N) is 1. The maximum Gasteiger partial charge on any atom is 0.244 e. The van der Waals surface area contributed by atoms with Crippen molar-refractivity contribution >= 4 is 31.6 Å². The van der Waals surface area contributed by atoms with Crippen LogP contribution < -0.4 is 10.5 Å². The molecule has 0 spiro atoms. The van der Waals surface area contributed by atoms with Crippen molar-refractivity contribution in [3.63, 3.8) is 0 Å². The molecular formula is C9H8BrFN2O2S. The second-order valence-electron chi connectivity index (χ2n) is 2.84. The fraction of sp³-hybridized carbons (Fsp3) is 0.111. The highest BCUT2D eigenvalue weighted by Crippen LogP contribution is 2.25. The van der Waals surface area contributed by atoms with E-state index in [-0.39, 0.29) is 16.7 Å². The van der Waals surface area contributed by atoms with Crippen LogP contribution in [0.2, 0.25) is 0 Å². The topological polar surface area (TPSA) is 72.2 Å². The maximum absolute atomic E-state index is 13.5. The van der Waals surface area contributed by atoms with Gasteiger partial charge in [0.25, 0.3) is 0 Å². The summed E-state index contributed by atoms with van der Waals surface area (Å²) in [5.41, 5.74) is 5.56. The van der Waals surface area contributed by atoms with Crippen LogP contribution >= 0.6 is 15.9 Å². The van der Waals surface area contributed by atoms with Gasteiger partial charge in [0.1, 0.15) is 4.90 Å². The minimum absolute atomic E-state index is 0.0198. The zero-order valence-electron chi connectivity index (χ0n) is 8.00. The van der Waals surface area contributed by atoms with E-state index < -0.39 is 20.7 Å². The highest BCUT2D eigenvalue weighted by atomic mass is 79.9. The van der Waals surface area contributed by atoms with E-state index in [1.807, 2.05) is 4.72 Å². The molecule has 0 saturated carbocycles. The van der Waals surface area contributed by atoms with E-state index in [1.54, 1.807) is 0 Å². The maximum atomic E-state index is 13.5. The second-order valence-corrected chi connectivity index (χ2v) is 5.43. The van der Waals surface area contributed by atoms with Crippen LogP contribution in [0.1, 0.15) is 0 Å². The van der Waals surface area contributed by atoms with Gasteiger partial charge < -0.3 is 5.73 Å². The van der Waals surface area contributed by atoms with Crippen molar-refractivity contribution in [3.05, 3.63) is 22.4 Å². The molecule has 0 fully saturated rings. The smallest absolute Gasteiger partial charge is 0.244 e. The van der Waals surface area contributed by atoms with Gasteiger partial charge in [-0.25, -0.2) is 12.8 Å². The number of rotatable bonds is 3. The zero-order chi connectivity index (χ0) is 12.3. The molecule has 0 aromatic heterocycles. The predicted octanol–water partition coefficient (Wildman–Crippen LogP) is 1.08. The molecule has 16 heavy (non-hydrogen) atoms. The van der Waals surface area contributed by atoms with Gasteiger partial charge in [0, 0.05) is 5.69 Å². The Balaban J connectivity index is 3.29. The Kier molecular flexibility index (Phi) is 3.91. The van der Waals surface area contributed by atoms with E-state index >= 15 is 0 Å². The van der Waals surface area contributed by atoms with Crippen LogP contribution in [0, 0.1) is 18.2 Å². The molecule has 0 bridgehead atoms. The van der Waals surface area contributed by atoms with Gasteiger partial charge in [0.15, 0.2) is 5.82 Å². The van der Waals surface area contributed by atoms with Crippen LogP contribution in [0.4, 0.5) is 10.1 Å². The number of halogens is 2. The average molecular weight is 307 g/mol. The molecule has 4 nitrogen and oxygen atoms in total. The normalized spacial score (nSPS) is 11.1. The van der Waals surface area contributed by atoms with Crippen molar-refractivity contribution in [1.29, 1.82) is 0 Å². The lowest BCUT2D eigenvalue weighted by molar-refractivity contribution is 0.557. The van der Waals surface area contributed by atoms with E-state index in [2.05, 4.69) is 21.9 Å². The quantitative estimate of drug-likeness (QED) is 0.648. The fourth-order valence-electron chi connectivity index (χ4n) is 0.994. The molecular weight excluding hydrogens is 299 g/mol. The first kappa shape index (κ1) is 13.0. The molecule has 7 heteroatoms. The zero-order valence-corrected chi connectivity index (χ0v) is 10.4. The summed E-state index contributed by atoms with van der Waals surface area (Å²) in [6.45, 7) is -0.214. The number of anilines is 1. The number of hydrogen-bond acceptors (Lipinski definition) is 3. The number of benzene rings is 1. The molecule has 0 atom stereocenters. The fourth-order valence-corrected chi connectivity index (χ4v) is 2.67. The van der Waals surface area contributed by atoms with Crippen molar-refractivity contribution in [2.24, 2.45) is 0 Å². The average Bonchev–Trinajstić information content (AvgIpc) is 2.20. The lowest BCUT2D eigenvalue weighted by Crippen LogP contribution is -2.25. The van der Waals surface area contributed by atoms with E-state index in [0.717, 1.165) is 6.07 Å². The van der Waals surface area contributed by atoms with Gasteiger partial charge in [0.05, 0.1) is 11.0 Å². The van der Waals surface area contributed by atoms with Gasteiger partial charge in [-0.05, 0) is 28.1 Å². The monoisotopic (exact) mass is 306 g/mol. The predicted molar refractivity (Wildman–Crippen MR) is 62.5 cm³/mol. The summed E-state index contributed by atoms with van der Waals surface area (Å²) >= 11 is 2.87. The summed E-state index contributed by atoms with van der Waals surface area (Å²) in [6.07, 6.45) is 4.91. The summed E-state index contributed by atoms with van der Waals surface area (Å²) in [6, 6.07) is 2.30. The van der Waals surface area contributed by atoms with Gasteiger partial charge >= 0.3 is 0 Å². The number of nitrogens with two attached hydrogens (primary N) is 1. The molecule has 0 aliphatic carbocycles. The molecule has 0 aliphatic heterocycles. The third-order valence-corrected chi connectivity index (χ3v) is 3.65. The van der Waals surface area contributed by atoms with Crippen molar-refractivity contribution in [2.75, 3.05) is 12.3 Å². The second kappa shape index (κ2) is 4.82. The first-order chi connectivity index (χ1) is 7.38. The molecule has 86 valence electrons. The Morgan fingerprint density at radius 1 is 1.56 bits per heavy atom. The summed E-state index contributed by atoms with van der Waals surface area (Å²) in [7, 11) is -3.98. The molecule has 0 unspecified atom stereocenters. The Bertz CT molecular complexity index is 551. The van der Waals surface area contributed by atoms with Crippen LogP contribution in [0.3, 0.4) is 0 Å². The van der Waals surface area contributed by atoms with E-state index in [4.69, 9.17) is 12.2 Å². The van der Waals surface area contributed by atoms with Gasteiger partial charge in [-0.2, -0.15) is 4.72 Å². The van der Waals surface area contributed by atoms with Crippen LogP contribution in [-0.4, -0.2) is 15.0 Å². The molecule has 1 rings (SSSR count). The molecule has 0 aliphatic rings. The molecule has 0 heterocycles. The first-order valence-electron chi connectivity index (χ1n) is 4.06. The van der Waals surface area contributed by atoms with Crippen LogP contribution in [0.25, 0.3) is 0 Å². The molecule has 0 amide bonds. The minimum Gasteiger partial charge on any atom is -0.399 e. The van der Waals surface area contributed by atoms with Crippen molar-refractivity contribution in [2.45, 2.75) is 4.90 Å². The molecule has 0 radical (unpaired) electrons. The van der Waals surface area contributed by atoms with Crippen LogP contribution in [-0.2, 0) is 10.0 Å². The van der Waals surface area contributed by atoms with E-state index in [1.165, 1.54) is 6.07 Å². The lowest BCUT2D eigenvalue weighted by atomic mass is 10.3. The Labute approximate surface area is 101 Å². The highest BCUT2D eigenvalue weighted by molar-refractivity contribution is 9.10. The van der Waals surface area contributed by atoms with Gasteiger partial charge in [-0.3, -0.25) is 0 Å². The highest BCUT2D eigenvalue weighted by Gasteiger charge is 2.20. The molecule has 0 saturated heterocycles. The Morgan fingerprint density at radius 3 is 2.75 bits per heavy atom. The third kappa shape index (κ3) is 2.72. The first-order valence-corrected chi connectivity index (χ1v) is 6.33. The van der Waals surface area contributed by atoms with Crippen LogP contribution in [0.15, 0.2) is 21.5 Å². The lowest BCUT2D eigenvalue weighted by Gasteiger charge is -2.07. The third-order valence-electron chi connectivity index (χ3n) is 1.67. The summed E-state index contributed by atoms with van der Waals surface area (Å²) in [4.78, 5) is -0.533. The summed E-state index contributed by atoms with van der Waals surface area (Å²) in [5, 5.41) is 0. The molecule has 3 N–H and O–H groups in total. The van der Waals surface area contributed by atoms with Crippen molar-refractivity contribution < 1.29 is 12.8 Å². The SMILES string of the molecule is C#CCNS(=O)(=O)c1cc(N)cc(Br)c1F. The summed E-state index contributed by atoms with van der Waals surface area (Å²) in [5.74, 6) is 1.18. The standard InChI is InChI=1S/C9H8BrFN2O2S/c1-2-3-13-16(14,15)8-5-6(12)4-7(10)9(8)11/h1,4-5,13H,3,12H2. The molecule has 1 aromatic rings. The van der Waals surface area contributed by atoms with Gasteiger partial charge in [-0.15, -0.1) is 6.42 Å². The minimum atomic E-state index is -3.98. The summed E-state index contributed by atoms with van der Waals surface area (Å²) < 4.78 is 38.7. The number of hydrogen-bond donors (Lipinski definition) is 2. The van der Waals surface area contributed by atoms with E-state index in [0.29, 0.717) is 0 Å². The largest absolute Gasteiger partial charge is 0.399 e. The number of terminal acetylenes is 1. The Morgan fingerprint density at radius 2 is 2.19 bits per heavy atom.